The van der Waals surface area contributed by atoms with Gasteiger partial charge in [-0.05, 0) is 36.4 Å². The lowest BCUT2D eigenvalue weighted by atomic mass is 10.1. The maximum Gasteiger partial charge on any atom is 0.250 e. The van der Waals surface area contributed by atoms with Crippen molar-refractivity contribution in [3.63, 3.8) is 0 Å². The van der Waals surface area contributed by atoms with E-state index >= 15 is 0 Å². The predicted octanol–water partition coefficient (Wildman–Crippen LogP) is 3.32. The van der Waals surface area contributed by atoms with E-state index in [1.54, 1.807) is 37.1 Å². The van der Waals surface area contributed by atoms with Gasteiger partial charge >= 0.3 is 0 Å². The number of carbonyl (C=O) groups excluding carboxylic acids is 1. The largest absolute Gasteiger partial charge is 0.493 e. The highest BCUT2D eigenvalue weighted by Gasteiger charge is 2.15. The summed E-state index contributed by atoms with van der Waals surface area (Å²) >= 11 is 0. The maximum atomic E-state index is 12.0. The van der Waals surface area contributed by atoms with Gasteiger partial charge in [-0.25, -0.2) is 9.97 Å². The molecule has 0 unspecified atom stereocenters. The van der Waals surface area contributed by atoms with Crippen LogP contribution in [0.3, 0.4) is 0 Å². The maximum absolute atomic E-state index is 12.0. The second kappa shape index (κ2) is 8.46. The number of hydrogen-bond donors (Lipinski definition) is 2. The number of nitrogens with one attached hydrogen (secondary N) is 1. The van der Waals surface area contributed by atoms with Crippen molar-refractivity contribution in [3.05, 3.63) is 60.4 Å². The first-order valence-electron chi connectivity index (χ1n) is 9.86. The molecular weight excluding hydrogens is 408 g/mol. The van der Waals surface area contributed by atoms with Crippen molar-refractivity contribution in [2.75, 3.05) is 38.5 Å². The summed E-state index contributed by atoms with van der Waals surface area (Å²) in [6, 6.07) is 12.8. The number of ether oxygens (including phenoxy) is 2. The van der Waals surface area contributed by atoms with Gasteiger partial charge in [-0.1, -0.05) is 0 Å². The molecule has 4 rings (SSSR count). The molecule has 1 amide bonds. The van der Waals surface area contributed by atoms with Crippen LogP contribution in [0.5, 0.6) is 11.5 Å². The summed E-state index contributed by atoms with van der Waals surface area (Å²) in [5, 5.41) is 3.27. The van der Waals surface area contributed by atoms with Gasteiger partial charge in [0.2, 0.25) is 5.95 Å². The smallest absolute Gasteiger partial charge is 0.250 e. The van der Waals surface area contributed by atoms with E-state index < -0.39 is 5.91 Å². The predicted molar refractivity (Wildman–Crippen MR) is 124 cm³/mol. The van der Waals surface area contributed by atoms with Crippen molar-refractivity contribution >= 4 is 28.9 Å². The van der Waals surface area contributed by atoms with Gasteiger partial charge < -0.3 is 25.4 Å². The Hall–Kier alpha value is -4.27. The molecule has 0 saturated heterocycles. The van der Waals surface area contributed by atoms with Gasteiger partial charge in [-0.3, -0.25) is 9.20 Å². The SMILES string of the molecule is COc1ccc(-c2cc3nccn3c(Nc3cc(N(C)C)ccc3C(N)=O)n2)cc1OC. The lowest BCUT2D eigenvalue weighted by molar-refractivity contribution is 0.100. The van der Waals surface area contributed by atoms with Gasteiger partial charge in [0, 0.05) is 43.8 Å². The van der Waals surface area contributed by atoms with Gasteiger partial charge in [-0.2, -0.15) is 0 Å². The second-order valence-electron chi connectivity index (χ2n) is 7.30. The van der Waals surface area contributed by atoms with E-state index in [1.807, 2.05) is 55.4 Å². The van der Waals surface area contributed by atoms with Crippen LogP contribution in [0.2, 0.25) is 0 Å². The van der Waals surface area contributed by atoms with Crippen LogP contribution in [0, 0.1) is 0 Å². The third-order valence-electron chi connectivity index (χ3n) is 5.10. The number of nitrogens with two attached hydrogens (primary N) is 1. The van der Waals surface area contributed by atoms with Crippen LogP contribution in [0.15, 0.2) is 54.9 Å². The first-order valence-corrected chi connectivity index (χ1v) is 9.86. The molecule has 164 valence electrons. The molecule has 0 bridgehead atoms. The molecule has 0 saturated carbocycles. The number of hydrogen-bond acceptors (Lipinski definition) is 7. The number of rotatable bonds is 7. The molecule has 0 aliphatic rings. The van der Waals surface area contributed by atoms with E-state index in [0.717, 1.165) is 11.3 Å². The van der Waals surface area contributed by atoms with E-state index in [9.17, 15) is 4.79 Å². The summed E-state index contributed by atoms with van der Waals surface area (Å²) in [6.45, 7) is 0. The molecule has 2 heterocycles. The van der Waals surface area contributed by atoms with Crippen LogP contribution >= 0.6 is 0 Å². The molecule has 9 nitrogen and oxygen atoms in total. The summed E-state index contributed by atoms with van der Waals surface area (Å²) in [5.41, 5.74) is 9.63. The Morgan fingerprint density at radius 3 is 2.53 bits per heavy atom. The van der Waals surface area contributed by atoms with E-state index in [2.05, 4.69) is 10.3 Å². The van der Waals surface area contributed by atoms with Crippen LogP contribution in [-0.4, -0.2) is 48.6 Å². The van der Waals surface area contributed by atoms with E-state index in [1.165, 1.54) is 0 Å². The Labute approximate surface area is 185 Å². The normalized spacial score (nSPS) is 10.8. The summed E-state index contributed by atoms with van der Waals surface area (Å²) < 4.78 is 12.6. The lowest BCUT2D eigenvalue weighted by Crippen LogP contribution is -2.16. The molecule has 0 spiro atoms. The molecule has 2 aromatic carbocycles. The Balaban J connectivity index is 1.84. The van der Waals surface area contributed by atoms with Crippen LogP contribution in [0.1, 0.15) is 10.4 Å². The zero-order valence-corrected chi connectivity index (χ0v) is 18.3. The second-order valence-corrected chi connectivity index (χ2v) is 7.30. The van der Waals surface area contributed by atoms with Crippen molar-refractivity contribution in [3.8, 4) is 22.8 Å². The van der Waals surface area contributed by atoms with Crippen molar-refractivity contribution in [1.29, 1.82) is 0 Å². The molecule has 0 atom stereocenters. The first kappa shape index (κ1) is 21.0. The van der Waals surface area contributed by atoms with E-state index in [4.69, 9.17) is 20.2 Å². The Morgan fingerprint density at radius 1 is 1.06 bits per heavy atom. The van der Waals surface area contributed by atoms with E-state index in [-0.39, 0.29) is 0 Å². The Kier molecular flexibility index (Phi) is 5.55. The highest BCUT2D eigenvalue weighted by Crippen LogP contribution is 2.33. The number of methoxy groups -OCH3 is 2. The fraction of sp³-hybridized carbons (Fsp3) is 0.174. The third-order valence-corrected chi connectivity index (χ3v) is 5.10. The van der Waals surface area contributed by atoms with Crippen LogP contribution in [-0.2, 0) is 0 Å². The number of benzene rings is 2. The number of anilines is 3. The minimum atomic E-state index is -0.532. The van der Waals surface area contributed by atoms with Crippen molar-refractivity contribution in [1.82, 2.24) is 14.4 Å². The zero-order chi connectivity index (χ0) is 22.8. The highest BCUT2D eigenvalue weighted by molar-refractivity contribution is 5.99. The number of amides is 1. The van der Waals surface area contributed by atoms with Gasteiger partial charge in [0.1, 0.15) is 5.65 Å². The number of imidazole rings is 1. The molecule has 3 N–H and O–H groups in total. The fourth-order valence-corrected chi connectivity index (χ4v) is 3.40. The molecule has 0 aliphatic heterocycles. The Morgan fingerprint density at radius 2 is 1.84 bits per heavy atom. The Bertz CT molecular complexity index is 1300. The van der Waals surface area contributed by atoms with Gasteiger partial charge in [0.15, 0.2) is 11.5 Å². The summed E-state index contributed by atoms with van der Waals surface area (Å²) in [4.78, 5) is 23.2. The average Bonchev–Trinajstić information content (AvgIpc) is 3.27. The molecule has 0 aliphatic carbocycles. The minimum absolute atomic E-state index is 0.363. The van der Waals surface area contributed by atoms with Crippen LogP contribution in [0.25, 0.3) is 16.9 Å². The van der Waals surface area contributed by atoms with Crippen molar-refractivity contribution in [2.45, 2.75) is 0 Å². The summed E-state index contributed by atoms with van der Waals surface area (Å²) in [6.07, 6.45) is 3.48. The molecule has 9 heteroatoms. The van der Waals surface area contributed by atoms with Gasteiger partial charge in [0.05, 0.1) is 31.2 Å². The third kappa shape index (κ3) is 3.87. The van der Waals surface area contributed by atoms with Gasteiger partial charge in [-0.15, -0.1) is 0 Å². The topological polar surface area (TPSA) is 107 Å². The van der Waals surface area contributed by atoms with Gasteiger partial charge in [0.25, 0.3) is 5.91 Å². The highest BCUT2D eigenvalue weighted by atomic mass is 16.5. The van der Waals surface area contributed by atoms with Crippen LogP contribution in [0.4, 0.5) is 17.3 Å². The standard InChI is InChI=1S/C23H24N6O3/c1-28(2)15-6-7-16(22(24)30)18(12-15)27-23-26-17(13-21-25-9-10-29(21)23)14-5-8-19(31-3)20(11-14)32-4/h5-13H,1-4H3,(H2,24,30)(H,26,27). The molecule has 32 heavy (non-hydrogen) atoms. The first-order chi connectivity index (χ1) is 15.4. The van der Waals surface area contributed by atoms with Crippen molar-refractivity contribution < 1.29 is 14.3 Å². The van der Waals surface area contributed by atoms with Crippen LogP contribution < -0.4 is 25.4 Å². The monoisotopic (exact) mass is 432 g/mol. The average molecular weight is 432 g/mol. The molecule has 0 radical (unpaired) electrons. The summed E-state index contributed by atoms with van der Waals surface area (Å²) in [7, 11) is 7.02. The molecular formula is C23H24N6O3. The molecule has 2 aromatic heterocycles. The number of carbonyl (C=O) groups is 1. The lowest BCUT2D eigenvalue weighted by Gasteiger charge is -2.17. The summed E-state index contributed by atoms with van der Waals surface area (Å²) in [5.74, 6) is 1.18. The number of fused-ring (bicyclic) bond motifs is 1. The zero-order valence-electron chi connectivity index (χ0n) is 18.3. The molecule has 0 fully saturated rings. The number of primary amides is 1. The molecule has 4 aromatic rings. The fourth-order valence-electron chi connectivity index (χ4n) is 3.40. The minimum Gasteiger partial charge on any atom is -0.493 e. The number of aromatic nitrogens is 3. The van der Waals surface area contributed by atoms with Crippen molar-refractivity contribution in [2.24, 2.45) is 5.73 Å². The quantitative estimate of drug-likeness (QED) is 0.461. The van der Waals surface area contributed by atoms with E-state index in [0.29, 0.717) is 40.0 Å². The number of nitrogens with zero attached hydrogens (tertiary/aromatic N) is 4.